The second kappa shape index (κ2) is 6.97. The number of ketones is 1. The summed E-state index contributed by atoms with van der Waals surface area (Å²) in [6.07, 6.45) is 0.191. The number of amides is 2. The van der Waals surface area contributed by atoms with E-state index >= 15 is 0 Å². The zero-order valence-electron chi connectivity index (χ0n) is 13.8. The molecule has 3 aromatic rings. The minimum Gasteiger partial charge on any atom is -0.492 e. The molecule has 0 aliphatic rings. The van der Waals surface area contributed by atoms with Crippen LogP contribution in [0.5, 0.6) is 5.88 Å². The Morgan fingerprint density at radius 3 is 2.35 bits per heavy atom. The topological polar surface area (TPSA) is 104 Å². The number of carbonyl (C=O) groups is 2. The molecule has 4 N–H and O–H groups in total. The minimum absolute atomic E-state index is 0.0576. The molecule has 0 atom stereocenters. The van der Waals surface area contributed by atoms with Crippen molar-refractivity contribution >= 4 is 45.7 Å². The van der Waals surface area contributed by atoms with Crippen molar-refractivity contribution < 1.29 is 19.9 Å². The Bertz CT molecular complexity index is 996. The molecule has 7 nitrogen and oxygen atoms in total. The molecule has 8 heteroatoms. The van der Waals surface area contributed by atoms with E-state index in [1.54, 1.807) is 43.3 Å². The van der Waals surface area contributed by atoms with E-state index in [1.165, 1.54) is 6.07 Å². The van der Waals surface area contributed by atoms with Crippen LogP contribution in [0.3, 0.4) is 0 Å². The predicted molar refractivity (Wildman–Crippen MR) is 99.5 cm³/mol. The lowest BCUT2D eigenvalue weighted by atomic mass is 10.1. The summed E-state index contributed by atoms with van der Waals surface area (Å²) in [5.74, 6) is -0.809. The van der Waals surface area contributed by atoms with Gasteiger partial charge in [-0.1, -0.05) is 18.5 Å². The highest BCUT2D eigenvalue weighted by atomic mass is 35.5. The summed E-state index contributed by atoms with van der Waals surface area (Å²) in [4.78, 5) is 24.1. The van der Waals surface area contributed by atoms with Gasteiger partial charge in [-0.15, -0.1) is 0 Å². The molecule has 26 heavy (non-hydrogen) atoms. The van der Waals surface area contributed by atoms with Crippen molar-refractivity contribution in [1.82, 2.24) is 4.73 Å². The van der Waals surface area contributed by atoms with Gasteiger partial charge < -0.3 is 20.9 Å². The fourth-order valence-electron chi connectivity index (χ4n) is 2.61. The number of anilines is 2. The van der Waals surface area contributed by atoms with Crippen LogP contribution in [0.25, 0.3) is 10.9 Å². The molecule has 3 rings (SSSR count). The number of hydrogen-bond acceptors (Lipinski definition) is 4. The van der Waals surface area contributed by atoms with E-state index in [9.17, 15) is 19.9 Å². The number of nitrogens with one attached hydrogen (secondary N) is 2. The minimum atomic E-state index is -0.519. The molecule has 1 heterocycles. The summed E-state index contributed by atoms with van der Waals surface area (Å²) in [7, 11) is 0. The lowest BCUT2D eigenvalue weighted by Crippen LogP contribution is -2.19. The first-order valence-corrected chi connectivity index (χ1v) is 8.22. The maximum Gasteiger partial charge on any atom is 0.323 e. The van der Waals surface area contributed by atoms with Gasteiger partial charge in [0.2, 0.25) is 5.88 Å². The lowest BCUT2D eigenvalue weighted by molar-refractivity contribution is 0.0980. The van der Waals surface area contributed by atoms with Crippen LogP contribution in [0, 0.1) is 0 Å². The van der Waals surface area contributed by atoms with Gasteiger partial charge in [0, 0.05) is 28.2 Å². The summed E-state index contributed by atoms with van der Waals surface area (Å²) in [5, 5.41) is 26.2. The smallest absolute Gasteiger partial charge is 0.323 e. The largest absolute Gasteiger partial charge is 0.492 e. The Morgan fingerprint density at radius 2 is 1.69 bits per heavy atom. The van der Waals surface area contributed by atoms with E-state index in [4.69, 9.17) is 11.6 Å². The summed E-state index contributed by atoms with van der Waals surface area (Å²) < 4.78 is 0.528. The predicted octanol–water partition coefficient (Wildman–Crippen LogP) is 4.47. The monoisotopic (exact) mass is 373 g/mol. The summed E-state index contributed by atoms with van der Waals surface area (Å²) in [5.41, 5.74) is 1.21. The van der Waals surface area contributed by atoms with Gasteiger partial charge in [-0.2, -0.15) is 4.73 Å². The molecule has 0 spiro atoms. The number of urea groups is 1. The van der Waals surface area contributed by atoms with E-state index in [2.05, 4.69) is 10.6 Å². The van der Waals surface area contributed by atoms with Crippen molar-refractivity contribution in [2.45, 2.75) is 13.3 Å². The maximum absolute atomic E-state index is 12.1. The third kappa shape index (κ3) is 3.29. The first-order valence-electron chi connectivity index (χ1n) is 7.84. The van der Waals surface area contributed by atoms with E-state index in [0.29, 0.717) is 26.5 Å². The van der Waals surface area contributed by atoms with Gasteiger partial charge in [0.05, 0.1) is 11.1 Å². The van der Waals surface area contributed by atoms with Crippen LogP contribution in [-0.4, -0.2) is 26.9 Å². The van der Waals surface area contributed by atoms with Crippen molar-refractivity contribution in [2.24, 2.45) is 0 Å². The van der Waals surface area contributed by atoms with Gasteiger partial charge in [0.1, 0.15) is 0 Å². The first-order chi connectivity index (χ1) is 12.4. The first kappa shape index (κ1) is 17.6. The van der Waals surface area contributed by atoms with E-state index in [-0.39, 0.29) is 23.3 Å². The highest BCUT2D eigenvalue weighted by Gasteiger charge is 2.21. The quantitative estimate of drug-likeness (QED) is 0.400. The molecule has 0 saturated carbocycles. The van der Waals surface area contributed by atoms with Crippen LogP contribution in [-0.2, 0) is 0 Å². The van der Waals surface area contributed by atoms with Crippen molar-refractivity contribution in [3.05, 3.63) is 53.1 Å². The summed E-state index contributed by atoms with van der Waals surface area (Å²) >= 11 is 5.80. The van der Waals surface area contributed by atoms with Crippen LogP contribution in [0.1, 0.15) is 23.7 Å². The number of aromatic nitrogens is 1. The van der Waals surface area contributed by atoms with Crippen molar-refractivity contribution in [3.63, 3.8) is 0 Å². The second-order valence-corrected chi connectivity index (χ2v) is 6.04. The van der Waals surface area contributed by atoms with Crippen LogP contribution in [0.4, 0.5) is 16.2 Å². The average Bonchev–Trinajstić information content (AvgIpc) is 2.87. The van der Waals surface area contributed by atoms with Gasteiger partial charge in [-0.25, -0.2) is 4.79 Å². The Balaban J connectivity index is 1.85. The summed E-state index contributed by atoms with van der Waals surface area (Å²) in [6.45, 7) is 1.67. The fraction of sp³-hybridized carbons (Fsp3) is 0.111. The molecule has 134 valence electrons. The molecule has 0 saturated heterocycles. The van der Waals surface area contributed by atoms with Crippen LogP contribution in [0.2, 0.25) is 5.02 Å². The van der Waals surface area contributed by atoms with Crippen LogP contribution < -0.4 is 10.6 Å². The molecular weight excluding hydrogens is 358 g/mol. The van der Waals surface area contributed by atoms with Crippen LogP contribution in [0.15, 0.2) is 42.5 Å². The van der Waals surface area contributed by atoms with Gasteiger partial charge in [-0.3, -0.25) is 4.79 Å². The van der Waals surface area contributed by atoms with E-state index in [1.807, 2.05) is 0 Å². The third-order valence-corrected chi connectivity index (χ3v) is 4.13. The Morgan fingerprint density at radius 1 is 1.08 bits per heavy atom. The zero-order valence-corrected chi connectivity index (χ0v) is 14.5. The lowest BCUT2D eigenvalue weighted by Gasteiger charge is -2.08. The third-order valence-electron chi connectivity index (χ3n) is 3.88. The second-order valence-electron chi connectivity index (χ2n) is 5.61. The molecule has 0 unspecified atom stereocenters. The normalized spacial score (nSPS) is 10.7. The fourth-order valence-corrected chi connectivity index (χ4v) is 2.74. The number of rotatable bonds is 4. The SMILES string of the molecule is CCC(=O)c1c(O)n(O)c2cc(NC(=O)Nc3ccc(Cl)cc3)ccc12. The molecule has 0 aliphatic heterocycles. The number of benzene rings is 2. The number of carbonyl (C=O) groups excluding carboxylic acids is 2. The molecule has 0 aliphatic carbocycles. The molecule has 0 radical (unpaired) electrons. The number of halogens is 1. The van der Waals surface area contributed by atoms with Crippen molar-refractivity contribution in [2.75, 3.05) is 10.6 Å². The molecular formula is C18H16ClN3O4. The van der Waals surface area contributed by atoms with Gasteiger partial charge in [0.15, 0.2) is 5.78 Å². The molecule has 2 amide bonds. The number of fused-ring (bicyclic) bond motifs is 1. The molecule has 0 bridgehead atoms. The van der Waals surface area contributed by atoms with Gasteiger partial charge in [0.25, 0.3) is 0 Å². The standard InChI is InChI=1S/C18H16ClN3O4/c1-2-15(23)16-13-8-7-12(9-14(13)22(26)17(16)24)21-18(25)20-11-5-3-10(19)4-6-11/h3-9,24,26H,2H2,1H3,(H2,20,21,25). The average molecular weight is 374 g/mol. The number of aromatic hydroxyl groups is 1. The van der Waals surface area contributed by atoms with Crippen LogP contribution >= 0.6 is 11.6 Å². The molecule has 2 aromatic carbocycles. The van der Waals surface area contributed by atoms with Crippen molar-refractivity contribution in [3.8, 4) is 5.88 Å². The highest BCUT2D eigenvalue weighted by molar-refractivity contribution is 6.30. The van der Waals surface area contributed by atoms with Gasteiger partial charge >= 0.3 is 6.03 Å². The zero-order chi connectivity index (χ0) is 18.8. The number of nitrogens with zero attached hydrogens (tertiary/aromatic N) is 1. The van der Waals surface area contributed by atoms with Gasteiger partial charge in [-0.05, 0) is 42.5 Å². The Hall–Kier alpha value is -3.19. The molecule has 0 fully saturated rings. The maximum atomic E-state index is 12.1. The highest BCUT2D eigenvalue weighted by Crippen LogP contribution is 2.32. The van der Waals surface area contributed by atoms with E-state index in [0.717, 1.165) is 0 Å². The Kier molecular flexibility index (Phi) is 4.73. The molecule has 1 aromatic heterocycles. The summed E-state index contributed by atoms with van der Waals surface area (Å²) in [6, 6.07) is 10.7. The number of hydrogen-bond donors (Lipinski definition) is 4. The van der Waals surface area contributed by atoms with E-state index < -0.39 is 11.9 Å². The Labute approximate surface area is 153 Å². The van der Waals surface area contributed by atoms with Crippen molar-refractivity contribution in [1.29, 1.82) is 0 Å². The number of Topliss-reactive ketones (excluding diaryl/α,β-unsaturated/α-hetero) is 1.